The summed E-state index contributed by atoms with van der Waals surface area (Å²) in [6, 6.07) is 52.9. The lowest BCUT2D eigenvalue weighted by Gasteiger charge is -2.11. The minimum Gasteiger partial charge on any atom is -0.497 e. The summed E-state index contributed by atoms with van der Waals surface area (Å²) in [6.45, 7) is 2.04. The second kappa shape index (κ2) is 20.2. The van der Waals surface area contributed by atoms with Gasteiger partial charge in [-0.15, -0.1) is 0 Å². The fourth-order valence-corrected chi connectivity index (χ4v) is 7.49. The molecule has 0 amide bonds. The van der Waals surface area contributed by atoms with Crippen LogP contribution in [0.2, 0.25) is 0 Å². The van der Waals surface area contributed by atoms with E-state index in [2.05, 4.69) is 33.2 Å². The summed E-state index contributed by atoms with van der Waals surface area (Å²) in [5, 5.41) is 10.0. The standard InChI is InChI=1S/C56H41N9O4/c1-35-14-16-37(17-15-35)44-29-53(50-25-21-39(32-62-50)59-33-46-43(36-11-7-6-8-12-36)28-51(64-55(46)68-4)48-13-9-10-26-58-48)65-56(69-5)47(44)34-60-40-20-24-49(61-31-40)52-27-42(45(30-57)54(63-52)67-3)38-18-22-41(66-2)23-19-38/h6-29,31-32H,1-5H3/q+2. The first-order valence-electron chi connectivity index (χ1n) is 21.6. The number of hydrogen-bond acceptors (Lipinski definition) is 11. The third-order valence-corrected chi connectivity index (χ3v) is 11.0. The molecule has 0 aliphatic rings. The lowest BCUT2D eigenvalue weighted by Crippen LogP contribution is -1.99. The molecule has 0 aliphatic heterocycles. The van der Waals surface area contributed by atoms with E-state index in [1.54, 1.807) is 46.0 Å². The van der Waals surface area contributed by atoms with Gasteiger partial charge in [0.1, 0.15) is 29.8 Å². The monoisotopic (exact) mass is 903 g/mol. The van der Waals surface area contributed by atoms with Gasteiger partial charge in [-0.3, -0.25) is 4.98 Å². The number of nitriles is 1. The van der Waals surface area contributed by atoms with Gasteiger partial charge in [0, 0.05) is 35.0 Å². The highest BCUT2D eigenvalue weighted by atomic mass is 16.5. The molecule has 332 valence electrons. The molecule has 0 spiro atoms. The van der Waals surface area contributed by atoms with Gasteiger partial charge in [-0.2, -0.15) is 5.26 Å². The highest BCUT2D eigenvalue weighted by molar-refractivity contribution is 5.81. The summed E-state index contributed by atoms with van der Waals surface area (Å²) in [7, 11) is 6.22. The number of nitrogens with zero attached hydrogens (tertiary/aromatic N) is 9. The first-order valence-corrected chi connectivity index (χ1v) is 21.6. The van der Waals surface area contributed by atoms with E-state index in [0.717, 1.165) is 39.1 Å². The van der Waals surface area contributed by atoms with E-state index in [1.807, 2.05) is 140 Å². The van der Waals surface area contributed by atoms with Crippen molar-refractivity contribution in [3.8, 4) is 109 Å². The lowest BCUT2D eigenvalue weighted by molar-refractivity contribution is 0.397. The van der Waals surface area contributed by atoms with Crippen LogP contribution < -0.4 is 18.9 Å². The molecule has 0 radical (unpaired) electrons. The molecule has 0 saturated heterocycles. The van der Waals surface area contributed by atoms with Crippen LogP contribution in [0.25, 0.3) is 77.2 Å². The zero-order valence-corrected chi connectivity index (χ0v) is 38.2. The number of benzene rings is 3. The largest absolute Gasteiger partial charge is 0.497 e. The Labute approximate surface area is 398 Å². The summed E-state index contributed by atoms with van der Waals surface area (Å²) in [5.74, 6) is 1.56. The second-order valence-corrected chi connectivity index (χ2v) is 15.4. The summed E-state index contributed by atoms with van der Waals surface area (Å²) < 4.78 is 22.6. The van der Waals surface area contributed by atoms with E-state index in [9.17, 15) is 5.26 Å². The molecule has 6 aromatic heterocycles. The first-order chi connectivity index (χ1) is 33.9. The van der Waals surface area contributed by atoms with Crippen molar-refractivity contribution in [2.45, 2.75) is 6.92 Å². The maximum Gasteiger partial charge on any atom is 0.358 e. The number of aromatic nitrogens is 6. The lowest BCUT2D eigenvalue weighted by atomic mass is 9.99. The van der Waals surface area contributed by atoms with Crippen LogP contribution in [0.15, 0.2) is 158 Å². The van der Waals surface area contributed by atoms with Crippen molar-refractivity contribution in [2.24, 2.45) is 0 Å². The Hall–Kier alpha value is -9.77. The predicted octanol–water partition coefficient (Wildman–Crippen LogP) is 12.3. The highest BCUT2D eigenvalue weighted by Gasteiger charge is 2.23. The van der Waals surface area contributed by atoms with Crippen LogP contribution in [0.3, 0.4) is 0 Å². The van der Waals surface area contributed by atoms with Crippen molar-refractivity contribution < 1.29 is 18.9 Å². The fraction of sp³-hybridized carbons (Fsp3) is 0.0893. The summed E-state index contributed by atoms with van der Waals surface area (Å²) in [6.07, 6.45) is 5.02. The summed E-state index contributed by atoms with van der Waals surface area (Å²) in [4.78, 5) is 37.6. The van der Waals surface area contributed by atoms with E-state index in [-0.39, 0.29) is 5.88 Å². The molecule has 9 rings (SSSR count). The Morgan fingerprint density at radius 3 is 1.32 bits per heavy atom. The molecule has 3 aromatic carbocycles. The summed E-state index contributed by atoms with van der Waals surface area (Å²) in [5.41, 5.74) is 12.2. The SMILES string of the molecule is COc1ccc(-c2cc(-c3ccc([N+]#Cc4c(-c5ccc(C)cc5)cc(-c5ccc([N+]#Cc6c(-c7ccccc7)cc(-c7ccccn7)nc6OC)cn5)nc4OC)cn3)nc(OC)c2C#N)cc1. The zero-order valence-electron chi connectivity index (χ0n) is 38.2. The third kappa shape index (κ3) is 9.64. The molecular weight excluding hydrogens is 863 g/mol. The minimum atomic E-state index is 0.193. The normalized spacial score (nSPS) is 10.4. The van der Waals surface area contributed by atoms with Gasteiger partial charge in [-0.25, -0.2) is 24.9 Å². The maximum absolute atomic E-state index is 10.0. The van der Waals surface area contributed by atoms with Gasteiger partial charge in [0.25, 0.3) is 0 Å². The number of methoxy groups -OCH3 is 4. The molecule has 0 fully saturated rings. The molecule has 0 bridgehead atoms. The molecule has 9 aromatic rings. The third-order valence-electron chi connectivity index (χ3n) is 11.0. The van der Waals surface area contributed by atoms with Crippen molar-refractivity contribution in [3.63, 3.8) is 0 Å². The predicted molar refractivity (Wildman–Crippen MR) is 266 cm³/mol. The van der Waals surface area contributed by atoms with Crippen LogP contribution in [0, 0.1) is 30.4 Å². The average molecular weight is 904 g/mol. The topological polar surface area (TPSA) is 147 Å². The number of aryl methyl sites for hydroxylation is 1. The number of pyridine rings is 6. The van der Waals surface area contributed by atoms with Crippen molar-refractivity contribution in [2.75, 3.05) is 28.4 Å². The van der Waals surface area contributed by atoms with Crippen molar-refractivity contribution in [1.82, 2.24) is 29.9 Å². The highest BCUT2D eigenvalue weighted by Crippen LogP contribution is 2.37. The van der Waals surface area contributed by atoms with Gasteiger partial charge in [0.15, 0.2) is 11.1 Å². The molecule has 13 nitrogen and oxygen atoms in total. The second-order valence-electron chi connectivity index (χ2n) is 15.4. The number of rotatable bonds is 10. The van der Waals surface area contributed by atoms with Crippen LogP contribution in [-0.2, 0) is 0 Å². The number of ether oxygens (including phenoxy) is 4. The van der Waals surface area contributed by atoms with E-state index in [4.69, 9.17) is 43.6 Å². The molecule has 0 N–H and O–H groups in total. The van der Waals surface area contributed by atoms with Crippen LogP contribution in [-0.4, -0.2) is 58.3 Å². The van der Waals surface area contributed by atoms with Gasteiger partial charge < -0.3 is 18.9 Å². The van der Waals surface area contributed by atoms with Gasteiger partial charge in [0.05, 0.1) is 62.6 Å². The molecule has 0 saturated carbocycles. The molecule has 0 aliphatic carbocycles. The minimum absolute atomic E-state index is 0.193. The average Bonchev–Trinajstić information content (AvgIpc) is 3.42. The van der Waals surface area contributed by atoms with E-state index in [0.29, 0.717) is 79.6 Å². The Morgan fingerprint density at radius 1 is 0.435 bits per heavy atom. The molecule has 69 heavy (non-hydrogen) atoms. The molecular formula is C56H41N9O4+2. The van der Waals surface area contributed by atoms with Gasteiger partial charge in [0.2, 0.25) is 17.6 Å². The zero-order chi connectivity index (χ0) is 47.7. The van der Waals surface area contributed by atoms with E-state index >= 15 is 0 Å². The quantitative estimate of drug-likeness (QED) is 0.129. The van der Waals surface area contributed by atoms with Crippen LogP contribution in [0.1, 0.15) is 22.3 Å². The van der Waals surface area contributed by atoms with Crippen molar-refractivity contribution in [1.29, 1.82) is 5.26 Å². The van der Waals surface area contributed by atoms with E-state index in [1.165, 1.54) is 7.11 Å². The molecule has 6 heterocycles. The van der Waals surface area contributed by atoms with Crippen LogP contribution >= 0.6 is 0 Å². The Morgan fingerprint density at radius 2 is 0.884 bits per heavy atom. The van der Waals surface area contributed by atoms with Gasteiger partial charge >= 0.3 is 23.5 Å². The van der Waals surface area contributed by atoms with Crippen LogP contribution in [0.4, 0.5) is 11.4 Å². The smallest absolute Gasteiger partial charge is 0.358 e. The van der Waals surface area contributed by atoms with E-state index < -0.39 is 0 Å². The van der Waals surface area contributed by atoms with Gasteiger partial charge in [-0.05, 0) is 87.9 Å². The Kier molecular flexibility index (Phi) is 13.0. The molecule has 0 atom stereocenters. The van der Waals surface area contributed by atoms with Crippen LogP contribution in [0.5, 0.6) is 23.4 Å². The Balaban J connectivity index is 1.04. The summed E-state index contributed by atoms with van der Waals surface area (Å²) >= 11 is 0. The fourth-order valence-electron chi connectivity index (χ4n) is 7.49. The van der Waals surface area contributed by atoms with Crippen molar-refractivity contribution in [3.05, 3.63) is 190 Å². The van der Waals surface area contributed by atoms with Crippen molar-refractivity contribution >= 4 is 11.4 Å². The molecule has 0 unspecified atom stereocenters. The number of hydrogen-bond donors (Lipinski definition) is 0. The first kappa shape index (κ1) is 44.4. The molecule has 13 heteroatoms. The Bertz CT molecular complexity index is 3490. The van der Waals surface area contributed by atoms with Gasteiger partial charge in [-0.1, -0.05) is 78.4 Å². The maximum atomic E-state index is 10.0.